The zero-order valence-electron chi connectivity index (χ0n) is 34.0. The van der Waals surface area contributed by atoms with Gasteiger partial charge in [-0.1, -0.05) is 152 Å². The molecule has 6 heteroatoms. The van der Waals surface area contributed by atoms with Crippen LogP contribution in [-0.4, -0.2) is 19.9 Å². The van der Waals surface area contributed by atoms with E-state index >= 15 is 0 Å². The van der Waals surface area contributed by atoms with Gasteiger partial charge in [0, 0.05) is 56.4 Å². The van der Waals surface area contributed by atoms with Crippen LogP contribution < -0.4 is 9.80 Å². The summed E-state index contributed by atoms with van der Waals surface area (Å²) in [6, 6.07) is 73.1. The van der Waals surface area contributed by atoms with Gasteiger partial charge >= 0.3 is 0 Å². The fourth-order valence-electron chi connectivity index (χ4n) is 7.90. The van der Waals surface area contributed by atoms with E-state index < -0.39 is 0 Å². The smallest absolute Gasteiger partial charge is 0.198 e. The monoisotopic (exact) mass is 798 g/mol. The van der Waals surface area contributed by atoms with E-state index in [1.165, 1.54) is 0 Å². The predicted octanol–water partition coefficient (Wildman–Crippen LogP) is 14.4. The Labute approximate surface area is 362 Å². The lowest BCUT2D eigenvalue weighted by atomic mass is 10.0. The molecule has 0 saturated carbocycles. The minimum absolute atomic E-state index is 0.434. The molecular formula is C56H42N6. The summed E-state index contributed by atoms with van der Waals surface area (Å²) >= 11 is 0. The van der Waals surface area contributed by atoms with E-state index in [9.17, 15) is 0 Å². The molecule has 2 aromatic heterocycles. The van der Waals surface area contributed by atoms with Gasteiger partial charge in [0.2, 0.25) is 0 Å². The molecule has 0 amide bonds. The Morgan fingerprint density at radius 2 is 0.661 bits per heavy atom. The summed E-state index contributed by atoms with van der Waals surface area (Å²) < 4.78 is 0. The molecule has 9 aromatic rings. The summed E-state index contributed by atoms with van der Waals surface area (Å²) in [6.45, 7) is 0. The molecule has 0 saturated heterocycles. The maximum absolute atomic E-state index is 5.31. The second-order valence-electron chi connectivity index (χ2n) is 15.0. The predicted molar refractivity (Wildman–Crippen MR) is 255 cm³/mol. The number of nitrogens with zero attached hydrogens (tertiary/aromatic N) is 6. The quantitative estimate of drug-likeness (QED) is 0.130. The van der Waals surface area contributed by atoms with Gasteiger partial charge in [-0.25, -0.2) is 19.9 Å². The molecule has 62 heavy (non-hydrogen) atoms. The first-order chi connectivity index (χ1) is 30.7. The zero-order chi connectivity index (χ0) is 41.5. The molecular weight excluding hydrogens is 757 g/mol. The fourth-order valence-corrected chi connectivity index (χ4v) is 7.90. The van der Waals surface area contributed by atoms with Gasteiger partial charge in [0.25, 0.3) is 0 Å². The molecule has 10 rings (SSSR count). The highest BCUT2D eigenvalue weighted by Crippen LogP contribution is 2.39. The normalized spacial score (nSPS) is 12.1. The lowest BCUT2D eigenvalue weighted by Gasteiger charge is -2.28. The van der Waals surface area contributed by atoms with Crippen LogP contribution in [0.2, 0.25) is 0 Å². The zero-order valence-corrected chi connectivity index (χ0v) is 34.0. The van der Waals surface area contributed by atoms with Gasteiger partial charge in [0.05, 0.1) is 22.8 Å². The van der Waals surface area contributed by atoms with Gasteiger partial charge in [0.1, 0.15) is 0 Å². The second kappa shape index (κ2) is 17.6. The van der Waals surface area contributed by atoms with Crippen molar-refractivity contribution in [2.75, 3.05) is 9.80 Å². The Balaban J connectivity index is 1.16. The topological polar surface area (TPSA) is 58.0 Å². The van der Waals surface area contributed by atoms with E-state index in [1.54, 1.807) is 0 Å². The average molecular weight is 799 g/mol. The summed E-state index contributed by atoms with van der Waals surface area (Å²) in [7, 11) is 0. The first-order valence-corrected chi connectivity index (χ1v) is 21.0. The highest BCUT2D eigenvalue weighted by molar-refractivity contribution is 5.82. The van der Waals surface area contributed by atoms with Crippen LogP contribution >= 0.6 is 0 Å². The van der Waals surface area contributed by atoms with E-state index in [0.717, 1.165) is 92.0 Å². The third-order valence-electron chi connectivity index (χ3n) is 10.9. The van der Waals surface area contributed by atoms with E-state index in [0.29, 0.717) is 11.6 Å². The molecule has 0 N–H and O–H groups in total. The molecule has 0 aliphatic heterocycles. The van der Waals surface area contributed by atoms with Crippen LogP contribution in [0.3, 0.4) is 0 Å². The van der Waals surface area contributed by atoms with Crippen LogP contribution in [0.5, 0.6) is 0 Å². The number of rotatable bonds is 11. The Morgan fingerprint density at radius 3 is 1.08 bits per heavy atom. The van der Waals surface area contributed by atoms with Crippen LogP contribution in [0.4, 0.5) is 28.4 Å². The van der Waals surface area contributed by atoms with Gasteiger partial charge in [0.15, 0.2) is 11.6 Å². The highest BCUT2D eigenvalue weighted by atomic mass is 15.2. The van der Waals surface area contributed by atoms with Crippen molar-refractivity contribution >= 4 is 28.4 Å². The van der Waals surface area contributed by atoms with Crippen LogP contribution in [-0.2, 0) is 0 Å². The molecule has 0 radical (unpaired) electrons. The van der Waals surface area contributed by atoms with Crippen LogP contribution in [0.25, 0.3) is 56.7 Å². The number of aromatic nitrogens is 4. The first kappa shape index (κ1) is 38.0. The number of hydrogen-bond acceptors (Lipinski definition) is 6. The number of benzene rings is 7. The first-order valence-electron chi connectivity index (χ1n) is 21.0. The van der Waals surface area contributed by atoms with Crippen LogP contribution in [0, 0.1) is 0 Å². The van der Waals surface area contributed by atoms with Crippen molar-refractivity contribution in [3.8, 4) is 56.7 Å². The highest BCUT2D eigenvalue weighted by Gasteiger charge is 2.20. The standard InChI is InChI=1S/C56H42N6/c1-7-21-41(22-8-1)51-39-52(42-23-9-2-10-24-42)58-55(57-51)56-59-53(43-25-19-35-49(37-43)61(45-27-11-3-12-28-45)46-29-13-4-14-30-46)40-54(60-56)44-26-20-36-50(38-44)62(47-31-15-5-16-32-47)48-33-17-6-18-34-48/h1-5,7-17,19-40H,6,18H2. The Bertz CT molecular complexity index is 2910. The molecule has 0 unspecified atom stereocenters. The van der Waals surface area contributed by atoms with Gasteiger partial charge in [-0.15, -0.1) is 0 Å². The second-order valence-corrected chi connectivity index (χ2v) is 15.0. The minimum Gasteiger partial charge on any atom is -0.311 e. The third-order valence-corrected chi connectivity index (χ3v) is 10.9. The van der Waals surface area contributed by atoms with E-state index in [1.807, 2.05) is 54.6 Å². The van der Waals surface area contributed by atoms with E-state index in [-0.39, 0.29) is 0 Å². The van der Waals surface area contributed by atoms with Crippen molar-refractivity contribution in [1.82, 2.24) is 19.9 Å². The summed E-state index contributed by atoms with van der Waals surface area (Å²) in [6.07, 6.45) is 8.80. The average Bonchev–Trinajstić information content (AvgIpc) is 3.36. The maximum Gasteiger partial charge on any atom is 0.198 e. The van der Waals surface area contributed by atoms with Crippen molar-refractivity contribution in [2.45, 2.75) is 12.8 Å². The van der Waals surface area contributed by atoms with E-state index in [2.05, 4.69) is 186 Å². The van der Waals surface area contributed by atoms with Gasteiger partial charge in [-0.05, 0) is 91.7 Å². The largest absolute Gasteiger partial charge is 0.311 e. The van der Waals surface area contributed by atoms with Gasteiger partial charge < -0.3 is 9.80 Å². The molecule has 0 fully saturated rings. The van der Waals surface area contributed by atoms with Crippen molar-refractivity contribution in [3.05, 3.63) is 236 Å². The molecule has 7 aromatic carbocycles. The third kappa shape index (κ3) is 8.18. The number of para-hydroxylation sites is 3. The van der Waals surface area contributed by atoms with Gasteiger partial charge in [-0.2, -0.15) is 0 Å². The molecule has 0 spiro atoms. The summed E-state index contributed by atoms with van der Waals surface area (Å²) in [5.74, 6) is 0.878. The van der Waals surface area contributed by atoms with Crippen LogP contribution in [0.15, 0.2) is 236 Å². The lowest BCUT2D eigenvalue weighted by Crippen LogP contribution is -2.16. The molecule has 296 valence electrons. The van der Waals surface area contributed by atoms with Crippen molar-refractivity contribution in [3.63, 3.8) is 0 Å². The Hall–Kier alpha value is -8.22. The number of anilines is 5. The van der Waals surface area contributed by atoms with Crippen molar-refractivity contribution in [2.24, 2.45) is 0 Å². The van der Waals surface area contributed by atoms with Crippen molar-refractivity contribution in [1.29, 1.82) is 0 Å². The summed E-state index contributed by atoms with van der Waals surface area (Å²) in [5.41, 5.74) is 13.3. The molecule has 0 atom stereocenters. The molecule has 0 bridgehead atoms. The Morgan fingerprint density at radius 1 is 0.306 bits per heavy atom. The summed E-state index contributed by atoms with van der Waals surface area (Å²) in [5, 5.41) is 0. The van der Waals surface area contributed by atoms with Crippen molar-refractivity contribution < 1.29 is 0 Å². The summed E-state index contributed by atoms with van der Waals surface area (Å²) in [4.78, 5) is 25.5. The van der Waals surface area contributed by atoms with Gasteiger partial charge in [-0.3, -0.25) is 0 Å². The Kier molecular flexibility index (Phi) is 10.8. The minimum atomic E-state index is 0.434. The van der Waals surface area contributed by atoms with Crippen LogP contribution in [0.1, 0.15) is 12.8 Å². The number of allylic oxidation sites excluding steroid dienone is 3. The molecule has 1 aliphatic rings. The van der Waals surface area contributed by atoms with E-state index in [4.69, 9.17) is 19.9 Å². The number of hydrogen-bond donors (Lipinski definition) is 0. The maximum atomic E-state index is 5.31. The SMILES string of the molecule is C1=CC(N(c2ccccc2)c2cccc(-c3cc(-c4cccc(N(c5ccccc5)c5ccccc5)c4)nc(-c4nc(-c5ccccc5)cc(-c5ccccc5)n4)n3)c2)=CCC1. The molecule has 2 heterocycles. The molecule has 6 nitrogen and oxygen atoms in total. The fraction of sp³-hybridized carbons (Fsp3) is 0.0357. The molecule has 1 aliphatic carbocycles. The lowest BCUT2D eigenvalue weighted by molar-refractivity contribution is 0.997.